The van der Waals surface area contributed by atoms with E-state index in [-0.39, 0.29) is 11.3 Å². The zero-order chi connectivity index (χ0) is 16.0. The molecular weight excluding hydrogens is 297 g/mol. The minimum Gasteiger partial charge on any atom is -0.505 e. The van der Waals surface area contributed by atoms with Crippen molar-refractivity contribution in [1.82, 2.24) is 15.1 Å². The number of piperidine rings is 1. The van der Waals surface area contributed by atoms with Crippen LogP contribution in [0.2, 0.25) is 0 Å². The molecule has 1 atom stereocenters. The first-order valence-corrected chi connectivity index (χ1v) is 7.90. The van der Waals surface area contributed by atoms with E-state index in [9.17, 15) is 14.3 Å². The Morgan fingerprint density at radius 2 is 2.26 bits per heavy atom. The average Bonchev–Trinajstić information content (AvgIpc) is 3.15. The van der Waals surface area contributed by atoms with Crippen molar-refractivity contribution in [2.75, 3.05) is 13.1 Å². The lowest BCUT2D eigenvalue weighted by atomic mass is 9.77. The summed E-state index contributed by atoms with van der Waals surface area (Å²) >= 11 is 0. The molecule has 6 heteroatoms. The lowest BCUT2D eigenvalue weighted by molar-refractivity contribution is 0.0632. The van der Waals surface area contributed by atoms with Crippen molar-refractivity contribution in [3.05, 3.63) is 47.0 Å². The van der Waals surface area contributed by atoms with E-state index in [0.29, 0.717) is 18.7 Å². The number of aromatic nitrogens is 2. The molecule has 120 valence electrons. The van der Waals surface area contributed by atoms with E-state index < -0.39 is 11.6 Å². The maximum Gasteiger partial charge on any atom is 0.254 e. The summed E-state index contributed by atoms with van der Waals surface area (Å²) < 4.78 is 13.2. The molecule has 1 fully saturated rings. The summed E-state index contributed by atoms with van der Waals surface area (Å²) in [6.45, 7) is 1.32. The fourth-order valence-electron chi connectivity index (χ4n) is 4.00. The van der Waals surface area contributed by atoms with Gasteiger partial charge in [-0.25, -0.2) is 4.39 Å². The summed E-state index contributed by atoms with van der Waals surface area (Å²) in [5.41, 5.74) is 2.70. The van der Waals surface area contributed by atoms with Crippen LogP contribution >= 0.6 is 0 Å². The lowest BCUT2D eigenvalue weighted by Gasteiger charge is -2.40. The Balaban J connectivity index is 1.60. The van der Waals surface area contributed by atoms with Crippen molar-refractivity contribution in [2.45, 2.75) is 31.1 Å². The summed E-state index contributed by atoms with van der Waals surface area (Å²) in [6, 6.07) is 3.76. The molecule has 2 heterocycles. The lowest BCUT2D eigenvalue weighted by Crippen LogP contribution is -2.47. The third-order valence-electron chi connectivity index (χ3n) is 5.18. The van der Waals surface area contributed by atoms with Gasteiger partial charge in [0.1, 0.15) is 0 Å². The number of aryl methyl sites for hydroxylation is 1. The fraction of sp³-hybridized carbons (Fsp3) is 0.412. The van der Waals surface area contributed by atoms with Crippen molar-refractivity contribution in [3.8, 4) is 5.75 Å². The maximum atomic E-state index is 13.2. The number of carbonyl (C=O) groups is 1. The molecule has 2 N–H and O–H groups in total. The molecule has 1 unspecified atom stereocenters. The Bertz CT molecular complexity index is 773. The normalized spacial score (nSPS) is 23.3. The molecular formula is C17H18FN3O2. The van der Waals surface area contributed by atoms with Gasteiger partial charge < -0.3 is 10.0 Å². The Hall–Kier alpha value is -2.37. The largest absolute Gasteiger partial charge is 0.505 e. The van der Waals surface area contributed by atoms with Crippen LogP contribution in [0.1, 0.15) is 40.9 Å². The van der Waals surface area contributed by atoms with Crippen molar-refractivity contribution in [3.63, 3.8) is 0 Å². The second kappa shape index (κ2) is 5.08. The average molecular weight is 315 g/mol. The molecule has 1 aliphatic heterocycles. The minimum absolute atomic E-state index is 0.0399. The van der Waals surface area contributed by atoms with Crippen LogP contribution in [0.4, 0.5) is 4.39 Å². The standard InChI is InChI=1S/C17H18FN3O2/c18-13-3-2-11(8-14(13)22)16(23)21-7-1-5-17(10-21)6-4-12-9-19-20-15(12)17/h2-3,8-9,22H,1,4-7,10H2,(H,19,20). The maximum absolute atomic E-state index is 13.2. The van der Waals surface area contributed by atoms with Gasteiger partial charge in [-0.3, -0.25) is 9.89 Å². The number of phenols is 1. The third-order valence-corrected chi connectivity index (χ3v) is 5.18. The Morgan fingerprint density at radius 3 is 3.09 bits per heavy atom. The molecule has 5 nitrogen and oxygen atoms in total. The van der Waals surface area contributed by atoms with Gasteiger partial charge >= 0.3 is 0 Å². The first kappa shape index (κ1) is 14.2. The summed E-state index contributed by atoms with van der Waals surface area (Å²) in [7, 11) is 0. The molecule has 0 radical (unpaired) electrons. The molecule has 0 saturated carbocycles. The first-order chi connectivity index (χ1) is 11.1. The predicted molar refractivity (Wildman–Crippen MR) is 81.8 cm³/mol. The van der Waals surface area contributed by atoms with Gasteiger partial charge in [0.25, 0.3) is 5.91 Å². The number of rotatable bonds is 1. The van der Waals surface area contributed by atoms with Crippen LogP contribution in [-0.4, -0.2) is 39.2 Å². The molecule has 0 bridgehead atoms. The summed E-state index contributed by atoms with van der Waals surface area (Å²) in [5.74, 6) is -1.36. The van der Waals surface area contributed by atoms with Crippen molar-refractivity contribution in [2.24, 2.45) is 0 Å². The van der Waals surface area contributed by atoms with Crippen molar-refractivity contribution >= 4 is 5.91 Å². The monoisotopic (exact) mass is 315 g/mol. The number of likely N-dealkylation sites (tertiary alicyclic amines) is 1. The fourth-order valence-corrected chi connectivity index (χ4v) is 4.00. The summed E-state index contributed by atoms with van der Waals surface area (Å²) in [6.07, 6.45) is 5.86. The van der Waals surface area contributed by atoms with Crippen molar-refractivity contribution in [1.29, 1.82) is 0 Å². The topological polar surface area (TPSA) is 69.2 Å². The quantitative estimate of drug-likeness (QED) is 0.849. The smallest absolute Gasteiger partial charge is 0.254 e. The number of hydrogen-bond acceptors (Lipinski definition) is 3. The minimum atomic E-state index is -0.713. The van der Waals surface area contributed by atoms with Gasteiger partial charge in [-0.2, -0.15) is 5.10 Å². The Labute approximate surface area is 133 Å². The van der Waals surface area contributed by atoms with E-state index in [0.717, 1.165) is 37.4 Å². The number of aromatic amines is 1. The van der Waals surface area contributed by atoms with E-state index >= 15 is 0 Å². The van der Waals surface area contributed by atoms with E-state index in [1.807, 2.05) is 11.1 Å². The number of nitrogens with zero attached hydrogens (tertiary/aromatic N) is 2. The van der Waals surface area contributed by atoms with E-state index in [2.05, 4.69) is 10.2 Å². The molecule has 2 aliphatic rings. The number of H-pyrrole nitrogens is 1. The Morgan fingerprint density at radius 1 is 1.39 bits per heavy atom. The van der Waals surface area contributed by atoms with Gasteiger partial charge in [0, 0.05) is 29.8 Å². The van der Waals surface area contributed by atoms with E-state index in [1.54, 1.807) is 0 Å². The van der Waals surface area contributed by atoms with Gasteiger partial charge in [0.05, 0.1) is 6.20 Å². The number of aromatic hydroxyl groups is 1. The molecule has 1 aromatic carbocycles. The van der Waals surface area contributed by atoms with E-state index in [1.165, 1.54) is 17.7 Å². The molecule has 1 spiro atoms. The second-order valence-corrected chi connectivity index (χ2v) is 6.55. The molecule has 1 amide bonds. The van der Waals surface area contributed by atoms with E-state index in [4.69, 9.17) is 0 Å². The molecule has 1 aliphatic carbocycles. The van der Waals surface area contributed by atoms with Gasteiger partial charge in [-0.15, -0.1) is 0 Å². The zero-order valence-corrected chi connectivity index (χ0v) is 12.7. The number of nitrogens with one attached hydrogen (secondary N) is 1. The van der Waals surface area contributed by atoms with Crippen LogP contribution in [0.3, 0.4) is 0 Å². The second-order valence-electron chi connectivity index (χ2n) is 6.55. The summed E-state index contributed by atoms with van der Waals surface area (Å²) in [5, 5.41) is 16.8. The highest BCUT2D eigenvalue weighted by molar-refractivity contribution is 5.94. The number of carbonyl (C=O) groups excluding carboxylic acids is 1. The van der Waals surface area contributed by atoms with Crippen LogP contribution < -0.4 is 0 Å². The highest BCUT2D eigenvalue weighted by Crippen LogP contribution is 2.44. The number of amides is 1. The summed E-state index contributed by atoms with van der Waals surface area (Å²) in [4.78, 5) is 14.5. The first-order valence-electron chi connectivity index (χ1n) is 7.90. The van der Waals surface area contributed by atoms with Crippen molar-refractivity contribution < 1.29 is 14.3 Å². The predicted octanol–water partition coefficient (Wildman–Crippen LogP) is 2.37. The third kappa shape index (κ3) is 2.20. The highest BCUT2D eigenvalue weighted by Gasteiger charge is 2.44. The number of hydrogen-bond donors (Lipinski definition) is 2. The molecule has 2 aromatic rings. The highest BCUT2D eigenvalue weighted by atomic mass is 19.1. The number of benzene rings is 1. The van der Waals surface area contributed by atoms with Crippen LogP contribution in [-0.2, 0) is 11.8 Å². The van der Waals surface area contributed by atoms with Crippen LogP contribution in [0, 0.1) is 5.82 Å². The Kier molecular flexibility index (Phi) is 3.14. The number of halogens is 1. The number of fused-ring (bicyclic) bond motifs is 2. The molecule has 4 rings (SSSR count). The number of phenolic OH excluding ortho intramolecular Hbond substituents is 1. The van der Waals surface area contributed by atoms with Gasteiger partial charge in [-0.05, 0) is 49.4 Å². The molecule has 23 heavy (non-hydrogen) atoms. The van der Waals surface area contributed by atoms with Crippen LogP contribution in [0.15, 0.2) is 24.4 Å². The van der Waals surface area contributed by atoms with Crippen LogP contribution in [0.5, 0.6) is 5.75 Å². The van der Waals surface area contributed by atoms with Gasteiger partial charge in [-0.1, -0.05) is 0 Å². The van der Waals surface area contributed by atoms with Gasteiger partial charge in [0.15, 0.2) is 11.6 Å². The van der Waals surface area contributed by atoms with Crippen LogP contribution in [0.25, 0.3) is 0 Å². The zero-order valence-electron chi connectivity index (χ0n) is 12.7. The SMILES string of the molecule is O=C(c1ccc(F)c(O)c1)N1CCCC2(CCc3cn[nH]c32)C1. The van der Waals surface area contributed by atoms with Gasteiger partial charge in [0.2, 0.25) is 0 Å². The molecule has 1 saturated heterocycles. The molecule has 1 aromatic heterocycles.